The number of aryl methyl sites for hydroxylation is 1. The van der Waals surface area contributed by atoms with Crippen molar-refractivity contribution in [2.75, 3.05) is 5.32 Å². The lowest BCUT2D eigenvalue weighted by atomic mass is 10.2. The summed E-state index contributed by atoms with van der Waals surface area (Å²) >= 11 is 1.70. The average molecular weight is 238 g/mol. The lowest BCUT2D eigenvalue weighted by Crippen LogP contribution is -1.98. The molecule has 0 saturated heterocycles. The zero-order valence-electron chi connectivity index (χ0n) is 9.52. The van der Waals surface area contributed by atoms with E-state index in [0.29, 0.717) is 24.4 Å². The molecule has 16 heavy (non-hydrogen) atoms. The molecule has 0 aliphatic heterocycles. The third kappa shape index (κ3) is 2.57. The van der Waals surface area contributed by atoms with Crippen LogP contribution in [0.25, 0.3) is 0 Å². The van der Waals surface area contributed by atoms with Gasteiger partial charge in [-0.1, -0.05) is 18.9 Å². The molecule has 0 atom stereocenters. The molecule has 0 aromatic carbocycles. The Kier molecular flexibility index (Phi) is 3.19. The number of nitrogens with zero attached hydrogens (tertiary/aromatic N) is 3. The molecule has 5 nitrogen and oxygen atoms in total. The summed E-state index contributed by atoms with van der Waals surface area (Å²) in [6.45, 7) is 6.70. The molecule has 86 valence electrons. The number of anilines is 1. The van der Waals surface area contributed by atoms with E-state index in [2.05, 4.69) is 34.3 Å². The Labute approximate surface area is 97.9 Å². The van der Waals surface area contributed by atoms with Gasteiger partial charge in [-0.25, -0.2) is 4.98 Å². The topological polar surface area (TPSA) is 63.8 Å². The van der Waals surface area contributed by atoms with Crippen LogP contribution in [0.5, 0.6) is 0 Å². The predicted octanol–water partition coefficient (Wildman–Crippen LogP) is 2.57. The quantitative estimate of drug-likeness (QED) is 0.886. The molecule has 0 spiro atoms. The van der Waals surface area contributed by atoms with E-state index in [-0.39, 0.29) is 0 Å². The second kappa shape index (κ2) is 4.61. The van der Waals surface area contributed by atoms with Crippen molar-refractivity contribution in [2.24, 2.45) is 0 Å². The van der Waals surface area contributed by atoms with Gasteiger partial charge in [-0.2, -0.15) is 0 Å². The fourth-order valence-electron chi connectivity index (χ4n) is 1.19. The summed E-state index contributed by atoms with van der Waals surface area (Å²) in [4.78, 5) is 5.62. The van der Waals surface area contributed by atoms with Crippen molar-refractivity contribution >= 4 is 17.4 Å². The first-order chi connectivity index (χ1) is 7.65. The van der Waals surface area contributed by atoms with Gasteiger partial charge in [0.25, 0.3) is 0 Å². The van der Waals surface area contributed by atoms with Crippen LogP contribution in [0.15, 0.2) is 10.6 Å². The third-order valence-electron chi connectivity index (χ3n) is 2.06. The van der Waals surface area contributed by atoms with Crippen molar-refractivity contribution in [3.63, 3.8) is 0 Å². The van der Waals surface area contributed by atoms with Gasteiger partial charge in [0.1, 0.15) is 5.01 Å². The molecule has 6 heteroatoms. The zero-order valence-corrected chi connectivity index (χ0v) is 10.3. The summed E-state index contributed by atoms with van der Waals surface area (Å²) in [6.07, 6.45) is 1.92. The van der Waals surface area contributed by atoms with Gasteiger partial charge in [0, 0.05) is 18.0 Å². The highest BCUT2D eigenvalue weighted by Crippen LogP contribution is 2.22. The van der Waals surface area contributed by atoms with Gasteiger partial charge in [0.15, 0.2) is 0 Å². The summed E-state index contributed by atoms with van der Waals surface area (Å²) in [7, 11) is 0. The molecule has 1 N–H and O–H groups in total. The highest BCUT2D eigenvalue weighted by molar-refractivity contribution is 7.11. The second-order valence-electron chi connectivity index (χ2n) is 3.79. The summed E-state index contributed by atoms with van der Waals surface area (Å²) < 4.78 is 5.20. The summed E-state index contributed by atoms with van der Waals surface area (Å²) in [5, 5.41) is 11.7. The van der Waals surface area contributed by atoms with Gasteiger partial charge in [-0.05, 0) is 5.92 Å². The fraction of sp³-hybridized carbons (Fsp3) is 0.500. The molecule has 2 rings (SSSR count). The van der Waals surface area contributed by atoms with Gasteiger partial charge in [-0.3, -0.25) is 0 Å². The Balaban J connectivity index is 1.94. The van der Waals surface area contributed by atoms with Crippen molar-refractivity contribution in [3.8, 4) is 0 Å². The molecule has 0 unspecified atom stereocenters. The molecular formula is C10H14N4OS. The first-order valence-corrected chi connectivity index (χ1v) is 5.95. The number of rotatable bonds is 4. The van der Waals surface area contributed by atoms with Gasteiger partial charge in [0.05, 0.1) is 6.54 Å². The number of hydrogen-bond acceptors (Lipinski definition) is 6. The number of nitrogens with one attached hydrogen (secondary N) is 1. The Morgan fingerprint density at radius 2 is 2.25 bits per heavy atom. The lowest BCUT2D eigenvalue weighted by Gasteiger charge is -1.97. The summed E-state index contributed by atoms with van der Waals surface area (Å²) in [5.41, 5.74) is 0. The normalized spacial score (nSPS) is 11.0. The van der Waals surface area contributed by atoms with E-state index < -0.39 is 0 Å². The summed E-state index contributed by atoms with van der Waals surface area (Å²) in [5.74, 6) is 1.08. The van der Waals surface area contributed by atoms with Crippen LogP contribution in [0.2, 0.25) is 0 Å². The van der Waals surface area contributed by atoms with Crippen LogP contribution < -0.4 is 5.32 Å². The van der Waals surface area contributed by atoms with Crippen molar-refractivity contribution in [1.29, 1.82) is 0 Å². The first-order valence-electron chi connectivity index (χ1n) is 5.13. The van der Waals surface area contributed by atoms with Crippen LogP contribution in [0.3, 0.4) is 0 Å². The average Bonchev–Trinajstić information content (AvgIpc) is 2.83. The van der Waals surface area contributed by atoms with Crippen LogP contribution in [-0.2, 0) is 6.54 Å². The molecule has 0 bridgehead atoms. The number of thiazole rings is 1. The molecular weight excluding hydrogens is 224 g/mol. The maximum absolute atomic E-state index is 5.20. The van der Waals surface area contributed by atoms with Crippen LogP contribution >= 0.6 is 11.3 Å². The van der Waals surface area contributed by atoms with E-state index in [9.17, 15) is 0 Å². The Morgan fingerprint density at radius 1 is 1.44 bits per heavy atom. The Bertz CT molecular complexity index is 463. The van der Waals surface area contributed by atoms with Gasteiger partial charge in [0.2, 0.25) is 5.89 Å². The molecule has 0 amide bonds. The molecule has 2 heterocycles. The third-order valence-corrected chi connectivity index (χ3v) is 3.36. The molecule has 0 radical (unpaired) electrons. The first kappa shape index (κ1) is 11.1. The van der Waals surface area contributed by atoms with Crippen molar-refractivity contribution in [2.45, 2.75) is 33.2 Å². The van der Waals surface area contributed by atoms with E-state index in [1.165, 1.54) is 4.88 Å². The van der Waals surface area contributed by atoms with Crippen molar-refractivity contribution in [3.05, 3.63) is 22.0 Å². The zero-order chi connectivity index (χ0) is 11.5. The SMILES string of the molecule is Cc1nnc(NCc2ncc(C(C)C)s2)o1. The van der Waals surface area contributed by atoms with Crippen LogP contribution in [0, 0.1) is 6.92 Å². The second-order valence-corrected chi connectivity index (χ2v) is 4.94. The predicted molar refractivity (Wildman–Crippen MR) is 62.6 cm³/mol. The van der Waals surface area contributed by atoms with E-state index in [1.54, 1.807) is 18.3 Å². The molecule has 0 fully saturated rings. The van der Waals surface area contributed by atoms with Crippen LogP contribution in [0.1, 0.15) is 35.5 Å². The van der Waals surface area contributed by atoms with Crippen LogP contribution in [0.4, 0.5) is 6.01 Å². The highest BCUT2D eigenvalue weighted by Gasteiger charge is 2.06. The maximum Gasteiger partial charge on any atom is 0.315 e. The van der Waals surface area contributed by atoms with Gasteiger partial charge >= 0.3 is 6.01 Å². The summed E-state index contributed by atoms with van der Waals surface area (Å²) in [6, 6.07) is 0.443. The fourth-order valence-corrected chi connectivity index (χ4v) is 2.06. The van der Waals surface area contributed by atoms with Crippen molar-refractivity contribution < 1.29 is 4.42 Å². The Morgan fingerprint density at radius 3 is 2.81 bits per heavy atom. The highest BCUT2D eigenvalue weighted by atomic mass is 32.1. The standard InChI is InChI=1S/C10H14N4OS/c1-6(2)8-4-11-9(16-8)5-12-10-14-13-7(3)15-10/h4,6H,5H2,1-3H3,(H,12,14). The Hall–Kier alpha value is -1.43. The molecule has 0 saturated carbocycles. The van der Waals surface area contributed by atoms with Gasteiger partial charge in [-0.15, -0.1) is 16.4 Å². The molecule has 2 aromatic heterocycles. The van der Waals surface area contributed by atoms with Crippen molar-refractivity contribution in [1.82, 2.24) is 15.2 Å². The molecule has 2 aromatic rings. The number of hydrogen-bond donors (Lipinski definition) is 1. The maximum atomic E-state index is 5.20. The smallest absolute Gasteiger partial charge is 0.315 e. The van der Waals surface area contributed by atoms with Crippen LogP contribution in [-0.4, -0.2) is 15.2 Å². The number of aromatic nitrogens is 3. The van der Waals surface area contributed by atoms with E-state index in [0.717, 1.165) is 5.01 Å². The minimum absolute atomic E-state index is 0.443. The molecule has 0 aliphatic rings. The van der Waals surface area contributed by atoms with E-state index in [1.807, 2.05) is 6.20 Å². The van der Waals surface area contributed by atoms with E-state index in [4.69, 9.17) is 4.42 Å². The minimum Gasteiger partial charge on any atom is -0.408 e. The largest absolute Gasteiger partial charge is 0.408 e. The van der Waals surface area contributed by atoms with E-state index >= 15 is 0 Å². The molecule has 0 aliphatic carbocycles. The van der Waals surface area contributed by atoms with Gasteiger partial charge < -0.3 is 9.73 Å². The lowest BCUT2D eigenvalue weighted by molar-refractivity contribution is 0.530. The minimum atomic E-state index is 0.443. The monoisotopic (exact) mass is 238 g/mol.